The molecule has 1 aromatic carbocycles. The number of hydrogen-bond acceptors (Lipinski definition) is 2. The number of para-hydroxylation sites is 1. The van der Waals surface area contributed by atoms with E-state index in [1.54, 1.807) is 35.4 Å². The van der Waals surface area contributed by atoms with Crippen LogP contribution in [0.2, 0.25) is 0 Å². The van der Waals surface area contributed by atoms with Crippen LogP contribution in [0.3, 0.4) is 0 Å². The van der Waals surface area contributed by atoms with E-state index in [9.17, 15) is 22.5 Å². The van der Waals surface area contributed by atoms with Gasteiger partial charge < -0.3 is 0 Å². The van der Waals surface area contributed by atoms with E-state index < -0.39 is 19.7 Å². The number of rotatable bonds is 2. The second kappa shape index (κ2) is 4.86. The first-order chi connectivity index (χ1) is 8.83. The fourth-order valence-corrected chi connectivity index (χ4v) is 3.74. The van der Waals surface area contributed by atoms with Crippen molar-refractivity contribution in [3.05, 3.63) is 30.3 Å². The first-order valence-corrected chi connectivity index (χ1v) is 7.06. The molecule has 1 saturated heterocycles. The largest absolute Gasteiger partial charge is 0.471 e. The van der Waals surface area contributed by atoms with Gasteiger partial charge in [0, 0.05) is 18.8 Å². The van der Waals surface area contributed by atoms with E-state index in [-0.39, 0.29) is 13.1 Å². The molecule has 2 rings (SSSR count). The lowest BCUT2D eigenvalue weighted by Gasteiger charge is -2.26. The van der Waals surface area contributed by atoms with E-state index in [1.165, 1.54) is 4.67 Å². The third-order valence-corrected chi connectivity index (χ3v) is 4.82. The van der Waals surface area contributed by atoms with Crippen LogP contribution in [-0.2, 0) is 9.36 Å². The minimum absolute atomic E-state index is 0.226. The molecule has 104 valence electrons. The Morgan fingerprint density at radius 1 is 1.32 bits per heavy atom. The maximum Gasteiger partial charge on any atom is 0.471 e. The van der Waals surface area contributed by atoms with Crippen molar-refractivity contribution in [1.82, 2.24) is 10.2 Å². The Kier molecular flexibility index (Phi) is 3.56. The summed E-state index contributed by atoms with van der Waals surface area (Å²) in [5.41, 5.74) is 0.485. The molecule has 0 aliphatic carbocycles. The fourth-order valence-electron chi connectivity index (χ4n) is 1.73. The second-order valence-corrected chi connectivity index (χ2v) is 6.06. The average molecular weight is 293 g/mol. The molecule has 1 amide bonds. The van der Waals surface area contributed by atoms with Crippen molar-refractivity contribution in [2.24, 2.45) is 0 Å². The van der Waals surface area contributed by atoms with Crippen LogP contribution in [-0.4, -0.2) is 25.2 Å². The van der Waals surface area contributed by atoms with Gasteiger partial charge in [-0.1, -0.05) is 18.2 Å². The van der Waals surface area contributed by atoms with E-state index in [0.29, 0.717) is 5.69 Å². The Labute approximate surface area is 107 Å². The topological polar surface area (TPSA) is 61.4 Å². The van der Waals surface area contributed by atoms with Crippen molar-refractivity contribution in [2.45, 2.75) is 6.18 Å². The average Bonchev–Trinajstić information content (AvgIpc) is 2.71. The molecular weight excluding hydrogens is 282 g/mol. The minimum atomic E-state index is -5.07. The van der Waals surface area contributed by atoms with Gasteiger partial charge >= 0.3 is 19.7 Å². The van der Waals surface area contributed by atoms with Gasteiger partial charge in [0.05, 0.1) is 0 Å². The summed E-state index contributed by atoms with van der Waals surface area (Å²) in [6.07, 6.45) is -5.07. The zero-order valence-electron chi connectivity index (χ0n) is 9.65. The molecule has 1 aliphatic heterocycles. The molecular formula is C10H11F3N3O2P. The van der Waals surface area contributed by atoms with Crippen molar-refractivity contribution in [2.75, 3.05) is 17.8 Å². The summed E-state index contributed by atoms with van der Waals surface area (Å²) in [6.45, 7) is 0.476. The maximum atomic E-state index is 12.4. The number of carbonyl (C=O) groups excluding carboxylic acids is 1. The molecule has 1 unspecified atom stereocenters. The number of nitrogens with zero attached hydrogens (tertiary/aromatic N) is 1. The van der Waals surface area contributed by atoms with Gasteiger partial charge in [-0.05, 0) is 12.1 Å². The summed E-state index contributed by atoms with van der Waals surface area (Å²) in [6, 6.07) is 8.29. The third-order valence-electron chi connectivity index (χ3n) is 2.55. The number of carbonyl (C=O) groups is 1. The lowest BCUT2D eigenvalue weighted by atomic mass is 10.3. The molecule has 0 saturated carbocycles. The summed E-state index contributed by atoms with van der Waals surface area (Å²) in [5.74, 6) is -2.22. The van der Waals surface area contributed by atoms with Crippen LogP contribution in [0.15, 0.2) is 30.3 Å². The van der Waals surface area contributed by atoms with Crippen LogP contribution >= 0.6 is 7.59 Å². The predicted molar refractivity (Wildman–Crippen MR) is 63.6 cm³/mol. The second-order valence-electron chi connectivity index (χ2n) is 3.88. The number of benzene rings is 1. The Bertz CT molecular complexity index is 521. The molecule has 0 radical (unpaired) electrons. The SMILES string of the molecule is O=C(NP1(=O)NCCN1c1ccccc1)C(F)(F)F. The highest BCUT2D eigenvalue weighted by atomic mass is 31.2. The highest BCUT2D eigenvalue weighted by molar-refractivity contribution is 7.62. The number of anilines is 1. The molecule has 9 heteroatoms. The lowest BCUT2D eigenvalue weighted by Crippen LogP contribution is -2.39. The zero-order chi connectivity index (χ0) is 14.1. The Hall–Kier alpha value is -1.53. The van der Waals surface area contributed by atoms with Crippen molar-refractivity contribution < 1.29 is 22.5 Å². The van der Waals surface area contributed by atoms with Gasteiger partial charge in [-0.15, -0.1) is 0 Å². The third kappa shape index (κ3) is 2.90. The van der Waals surface area contributed by atoms with Gasteiger partial charge in [-0.3, -0.25) is 19.1 Å². The summed E-state index contributed by atoms with van der Waals surface area (Å²) in [7, 11) is -3.79. The Morgan fingerprint density at radius 3 is 2.53 bits per heavy atom. The molecule has 1 aromatic rings. The van der Waals surface area contributed by atoms with Gasteiger partial charge in [-0.2, -0.15) is 13.2 Å². The minimum Gasteiger partial charge on any atom is -0.294 e. The van der Waals surface area contributed by atoms with Crippen LogP contribution in [0.25, 0.3) is 0 Å². The number of alkyl halides is 3. The van der Waals surface area contributed by atoms with Gasteiger partial charge in [-0.25, -0.2) is 5.09 Å². The van der Waals surface area contributed by atoms with E-state index in [0.717, 1.165) is 0 Å². The van der Waals surface area contributed by atoms with Gasteiger partial charge in [0.15, 0.2) is 0 Å². The molecule has 0 bridgehead atoms. The number of halogens is 3. The molecule has 0 aromatic heterocycles. The van der Waals surface area contributed by atoms with E-state index >= 15 is 0 Å². The first-order valence-electron chi connectivity index (χ1n) is 5.40. The quantitative estimate of drug-likeness (QED) is 0.817. The van der Waals surface area contributed by atoms with Crippen molar-refractivity contribution >= 4 is 19.2 Å². The highest BCUT2D eigenvalue weighted by Gasteiger charge is 2.46. The summed E-state index contributed by atoms with van der Waals surface area (Å²) in [4.78, 5) is 10.9. The van der Waals surface area contributed by atoms with Crippen LogP contribution in [0.5, 0.6) is 0 Å². The van der Waals surface area contributed by atoms with E-state index in [4.69, 9.17) is 0 Å². The zero-order valence-corrected chi connectivity index (χ0v) is 10.5. The monoisotopic (exact) mass is 293 g/mol. The summed E-state index contributed by atoms with van der Waals surface area (Å²) >= 11 is 0. The first kappa shape index (κ1) is 13.9. The van der Waals surface area contributed by atoms with Gasteiger partial charge in [0.1, 0.15) is 0 Å². The van der Waals surface area contributed by atoms with Crippen molar-refractivity contribution in [3.63, 3.8) is 0 Å². The van der Waals surface area contributed by atoms with Crippen LogP contribution in [0.1, 0.15) is 0 Å². The molecule has 1 aliphatic rings. The maximum absolute atomic E-state index is 12.4. The van der Waals surface area contributed by atoms with Crippen molar-refractivity contribution in [1.29, 1.82) is 0 Å². The molecule has 5 nitrogen and oxygen atoms in total. The fraction of sp³-hybridized carbons (Fsp3) is 0.300. The molecule has 0 spiro atoms. The summed E-state index contributed by atoms with van der Waals surface area (Å²) in [5, 5.41) is 3.98. The number of amides is 1. The molecule has 1 heterocycles. The predicted octanol–water partition coefficient (Wildman–Crippen LogP) is 1.88. The van der Waals surface area contributed by atoms with E-state index in [1.807, 2.05) is 0 Å². The molecule has 19 heavy (non-hydrogen) atoms. The Balaban J connectivity index is 2.23. The number of hydrogen-bond donors (Lipinski definition) is 2. The number of nitrogens with one attached hydrogen (secondary N) is 2. The summed E-state index contributed by atoms with van der Waals surface area (Å²) < 4.78 is 50.3. The van der Waals surface area contributed by atoms with Crippen LogP contribution in [0, 0.1) is 0 Å². The molecule has 1 fully saturated rings. The molecule has 2 N–H and O–H groups in total. The van der Waals surface area contributed by atoms with Gasteiger partial charge in [0.25, 0.3) is 0 Å². The van der Waals surface area contributed by atoms with Crippen LogP contribution in [0.4, 0.5) is 18.9 Å². The van der Waals surface area contributed by atoms with E-state index in [2.05, 4.69) is 5.09 Å². The highest BCUT2D eigenvalue weighted by Crippen LogP contribution is 2.47. The van der Waals surface area contributed by atoms with Crippen LogP contribution < -0.4 is 14.8 Å². The van der Waals surface area contributed by atoms with Gasteiger partial charge in [0.2, 0.25) is 0 Å². The Morgan fingerprint density at radius 2 is 1.95 bits per heavy atom. The smallest absolute Gasteiger partial charge is 0.294 e. The standard InChI is InChI=1S/C10H11F3N3O2P/c11-10(12,13)9(17)15-19(18)14-6-7-16(19)8-4-2-1-3-5-8/h1-5H,6-7H2,(H2,14,15,17,18). The lowest BCUT2D eigenvalue weighted by molar-refractivity contribution is -0.171. The molecule has 1 atom stereocenters. The van der Waals surface area contributed by atoms with Crippen molar-refractivity contribution in [3.8, 4) is 0 Å². The normalized spacial score (nSPS) is 23.4.